The second-order valence-electron chi connectivity index (χ2n) is 7.17. The second-order valence-corrected chi connectivity index (χ2v) is 7.17. The maximum absolute atomic E-state index is 12.8. The summed E-state index contributed by atoms with van der Waals surface area (Å²) in [6.07, 6.45) is 0. The standard InChI is InChI=1S/C23H22N4O7/c1-4-26-22(29)15-7-5-6-8-17(15)27(23(26)30)12-20(28)33-13-19-24-21(25-34-19)16-10-9-14(31-2)11-18(16)32-3/h5-11H,4,12-13H2,1-3H3. The van der Waals surface area contributed by atoms with Gasteiger partial charge in [0.25, 0.3) is 11.4 Å². The molecule has 2 aromatic heterocycles. The molecule has 0 spiro atoms. The molecule has 4 rings (SSSR count). The van der Waals surface area contributed by atoms with Crippen LogP contribution in [-0.2, 0) is 29.2 Å². The van der Waals surface area contributed by atoms with E-state index in [4.69, 9.17) is 18.7 Å². The molecule has 2 aromatic carbocycles. The highest BCUT2D eigenvalue weighted by molar-refractivity contribution is 5.80. The van der Waals surface area contributed by atoms with Crippen molar-refractivity contribution in [3.8, 4) is 22.9 Å². The van der Waals surface area contributed by atoms with E-state index in [2.05, 4.69) is 10.1 Å². The maximum atomic E-state index is 12.8. The van der Waals surface area contributed by atoms with Crippen molar-refractivity contribution in [3.05, 3.63) is 69.2 Å². The van der Waals surface area contributed by atoms with Gasteiger partial charge >= 0.3 is 11.7 Å². The summed E-state index contributed by atoms with van der Waals surface area (Å²) in [4.78, 5) is 42.0. The lowest BCUT2D eigenvalue weighted by Gasteiger charge is -2.12. The monoisotopic (exact) mass is 466 g/mol. The van der Waals surface area contributed by atoms with E-state index in [0.29, 0.717) is 28.0 Å². The van der Waals surface area contributed by atoms with Gasteiger partial charge < -0.3 is 18.7 Å². The van der Waals surface area contributed by atoms with E-state index >= 15 is 0 Å². The van der Waals surface area contributed by atoms with Gasteiger partial charge in [0.1, 0.15) is 18.0 Å². The molecule has 0 atom stereocenters. The number of benzene rings is 2. The van der Waals surface area contributed by atoms with E-state index in [-0.39, 0.29) is 31.4 Å². The minimum atomic E-state index is -0.699. The number of carbonyl (C=O) groups excluding carboxylic acids is 1. The van der Waals surface area contributed by atoms with Gasteiger partial charge in [-0.25, -0.2) is 4.79 Å². The topological polar surface area (TPSA) is 128 Å². The van der Waals surface area contributed by atoms with Gasteiger partial charge in [-0.3, -0.25) is 18.7 Å². The summed E-state index contributed by atoms with van der Waals surface area (Å²) in [5.74, 6) is 0.714. The van der Waals surface area contributed by atoms with E-state index < -0.39 is 17.2 Å². The number of rotatable bonds is 8. The Labute approximate surface area is 193 Å². The average molecular weight is 466 g/mol. The van der Waals surface area contributed by atoms with Gasteiger partial charge in [-0.2, -0.15) is 4.98 Å². The van der Waals surface area contributed by atoms with Crippen molar-refractivity contribution >= 4 is 16.9 Å². The van der Waals surface area contributed by atoms with Crippen LogP contribution in [-0.4, -0.2) is 39.5 Å². The van der Waals surface area contributed by atoms with Crippen LogP contribution in [0.2, 0.25) is 0 Å². The number of esters is 1. The number of ether oxygens (including phenoxy) is 3. The number of hydrogen-bond donors (Lipinski definition) is 0. The first kappa shape index (κ1) is 22.8. The third-order valence-corrected chi connectivity index (χ3v) is 5.21. The molecule has 0 amide bonds. The average Bonchev–Trinajstić information content (AvgIpc) is 3.34. The Balaban J connectivity index is 1.52. The van der Waals surface area contributed by atoms with E-state index in [9.17, 15) is 14.4 Å². The molecule has 0 aliphatic carbocycles. The molecule has 176 valence electrons. The lowest BCUT2D eigenvalue weighted by Crippen LogP contribution is -2.40. The third kappa shape index (κ3) is 4.27. The molecule has 4 aromatic rings. The van der Waals surface area contributed by atoms with Gasteiger partial charge in [0.05, 0.1) is 30.7 Å². The molecule has 0 bridgehead atoms. The molecule has 0 unspecified atom stereocenters. The zero-order valence-electron chi connectivity index (χ0n) is 18.8. The Bertz CT molecular complexity index is 1470. The molecule has 0 fully saturated rings. The van der Waals surface area contributed by atoms with E-state index in [1.54, 1.807) is 56.5 Å². The molecular formula is C23H22N4O7. The fourth-order valence-electron chi connectivity index (χ4n) is 3.53. The first-order chi connectivity index (χ1) is 16.5. The van der Waals surface area contributed by atoms with E-state index in [1.165, 1.54) is 11.7 Å². The van der Waals surface area contributed by atoms with Crippen molar-refractivity contribution in [1.82, 2.24) is 19.3 Å². The molecular weight excluding hydrogens is 444 g/mol. The van der Waals surface area contributed by atoms with Crippen molar-refractivity contribution in [2.75, 3.05) is 14.2 Å². The van der Waals surface area contributed by atoms with Crippen LogP contribution in [0.15, 0.2) is 56.6 Å². The first-order valence-corrected chi connectivity index (χ1v) is 10.4. The zero-order chi connectivity index (χ0) is 24.2. The third-order valence-electron chi connectivity index (χ3n) is 5.21. The molecule has 11 nitrogen and oxygen atoms in total. The lowest BCUT2D eigenvalue weighted by atomic mass is 10.2. The Kier molecular flexibility index (Phi) is 6.44. The van der Waals surface area contributed by atoms with Gasteiger partial charge in [-0.1, -0.05) is 17.3 Å². The molecule has 2 heterocycles. The molecule has 0 aliphatic rings. The molecule has 0 aliphatic heterocycles. The predicted octanol–water partition coefficient (Wildman–Crippen LogP) is 1.99. The number of methoxy groups -OCH3 is 2. The van der Waals surface area contributed by atoms with Crippen LogP contribution in [0.3, 0.4) is 0 Å². The zero-order valence-corrected chi connectivity index (χ0v) is 18.8. The highest BCUT2D eigenvalue weighted by atomic mass is 16.6. The normalized spacial score (nSPS) is 10.9. The number of aromatic nitrogens is 4. The Morgan fingerprint density at radius 3 is 2.59 bits per heavy atom. The van der Waals surface area contributed by atoms with Crippen molar-refractivity contribution < 1.29 is 23.5 Å². The summed E-state index contributed by atoms with van der Waals surface area (Å²) in [6, 6.07) is 11.7. The number of carbonyl (C=O) groups is 1. The number of hydrogen-bond acceptors (Lipinski definition) is 9. The quantitative estimate of drug-likeness (QED) is 0.358. The number of fused-ring (bicyclic) bond motifs is 1. The summed E-state index contributed by atoms with van der Waals surface area (Å²) < 4.78 is 23.2. The van der Waals surface area contributed by atoms with Crippen molar-refractivity contribution in [3.63, 3.8) is 0 Å². The summed E-state index contributed by atoms with van der Waals surface area (Å²) >= 11 is 0. The minimum absolute atomic E-state index is 0.0666. The summed E-state index contributed by atoms with van der Waals surface area (Å²) in [5, 5.41) is 4.25. The van der Waals surface area contributed by atoms with Crippen molar-refractivity contribution in [2.45, 2.75) is 26.6 Å². The smallest absolute Gasteiger partial charge is 0.332 e. The van der Waals surface area contributed by atoms with Gasteiger partial charge in [-0.15, -0.1) is 0 Å². The maximum Gasteiger partial charge on any atom is 0.332 e. The molecule has 34 heavy (non-hydrogen) atoms. The minimum Gasteiger partial charge on any atom is -0.497 e. The van der Waals surface area contributed by atoms with Crippen LogP contribution in [0.25, 0.3) is 22.3 Å². The van der Waals surface area contributed by atoms with E-state index in [0.717, 1.165) is 4.57 Å². The second kappa shape index (κ2) is 9.61. The molecule has 0 radical (unpaired) electrons. The van der Waals surface area contributed by atoms with Gasteiger partial charge in [0.15, 0.2) is 6.61 Å². The highest BCUT2D eigenvalue weighted by Crippen LogP contribution is 2.31. The Morgan fingerprint density at radius 2 is 1.85 bits per heavy atom. The summed E-state index contributed by atoms with van der Waals surface area (Å²) in [7, 11) is 3.05. The van der Waals surface area contributed by atoms with E-state index in [1.807, 2.05) is 0 Å². The number of nitrogens with zero attached hydrogens (tertiary/aromatic N) is 4. The van der Waals surface area contributed by atoms with Crippen LogP contribution < -0.4 is 20.7 Å². The Morgan fingerprint density at radius 1 is 1.06 bits per heavy atom. The molecule has 0 saturated carbocycles. The van der Waals surface area contributed by atoms with Crippen molar-refractivity contribution in [2.24, 2.45) is 0 Å². The molecule has 11 heteroatoms. The van der Waals surface area contributed by atoms with Crippen LogP contribution >= 0.6 is 0 Å². The predicted molar refractivity (Wildman–Crippen MR) is 121 cm³/mol. The number of para-hydroxylation sites is 1. The Hall–Kier alpha value is -4.41. The largest absolute Gasteiger partial charge is 0.497 e. The van der Waals surface area contributed by atoms with Gasteiger partial charge in [0.2, 0.25) is 5.82 Å². The highest BCUT2D eigenvalue weighted by Gasteiger charge is 2.18. The van der Waals surface area contributed by atoms with Crippen LogP contribution in [0.4, 0.5) is 0 Å². The molecule has 0 saturated heterocycles. The summed E-state index contributed by atoms with van der Waals surface area (Å²) in [6.45, 7) is 1.19. The van der Waals surface area contributed by atoms with Crippen LogP contribution in [0, 0.1) is 0 Å². The van der Waals surface area contributed by atoms with Gasteiger partial charge in [0, 0.05) is 12.6 Å². The van der Waals surface area contributed by atoms with Crippen LogP contribution in [0.5, 0.6) is 11.5 Å². The first-order valence-electron chi connectivity index (χ1n) is 10.4. The fourth-order valence-corrected chi connectivity index (χ4v) is 3.53. The molecule has 0 N–H and O–H groups in total. The lowest BCUT2D eigenvalue weighted by molar-refractivity contribution is -0.146. The summed E-state index contributed by atoms with van der Waals surface area (Å²) in [5.41, 5.74) is -0.0646. The fraction of sp³-hybridized carbons (Fsp3) is 0.261. The van der Waals surface area contributed by atoms with Gasteiger partial charge in [-0.05, 0) is 31.2 Å². The SMILES string of the molecule is CCn1c(=O)c2ccccc2n(CC(=O)OCc2nc(-c3ccc(OC)cc3OC)no2)c1=O. The van der Waals surface area contributed by atoms with Crippen LogP contribution in [0.1, 0.15) is 12.8 Å². The van der Waals surface area contributed by atoms with Crippen molar-refractivity contribution in [1.29, 1.82) is 0 Å².